The number of anilines is 1. The van der Waals surface area contributed by atoms with Crippen LogP contribution in [-0.2, 0) is 13.1 Å². The summed E-state index contributed by atoms with van der Waals surface area (Å²) in [6, 6.07) is 15.8. The summed E-state index contributed by atoms with van der Waals surface area (Å²) in [6.45, 7) is 0.810. The number of nitrogens with zero attached hydrogens (tertiary/aromatic N) is 4. The van der Waals surface area contributed by atoms with E-state index in [0.717, 1.165) is 11.4 Å². The van der Waals surface area contributed by atoms with E-state index < -0.39 is 0 Å². The van der Waals surface area contributed by atoms with Gasteiger partial charge in [-0.3, -0.25) is 9.59 Å². The lowest BCUT2D eigenvalue weighted by molar-refractivity contribution is 0.0943. The van der Waals surface area contributed by atoms with E-state index in [1.54, 1.807) is 6.20 Å². The van der Waals surface area contributed by atoms with Gasteiger partial charge >= 0.3 is 0 Å². The molecular formula is C21H23N5O3. The number of carbonyl (C=O) groups is 1. The van der Waals surface area contributed by atoms with E-state index in [9.17, 15) is 9.59 Å². The molecule has 2 heterocycles. The minimum Gasteiger partial charge on any atom is -0.492 e. The van der Waals surface area contributed by atoms with Crippen molar-refractivity contribution in [3.05, 3.63) is 82.4 Å². The van der Waals surface area contributed by atoms with Gasteiger partial charge in [0, 0.05) is 38.5 Å². The van der Waals surface area contributed by atoms with Gasteiger partial charge in [-0.25, -0.2) is 9.67 Å². The number of hydrogen-bond donors (Lipinski definition) is 1. The zero-order valence-corrected chi connectivity index (χ0v) is 16.4. The molecule has 1 amide bonds. The third-order valence-corrected chi connectivity index (χ3v) is 4.14. The first-order valence-corrected chi connectivity index (χ1v) is 9.20. The quantitative estimate of drug-likeness (QED) is 0.627. The lowest BCUT2D eigenvalue weighted by atomic mass is 10.2. The van der Waals surface area contributed by atoms with E-state index in [4.69, 9.17) is 4.74 Å². The molecule has 0 saturated heterocycles. The molecule has 150 valence electrons. The van der Waals surface area contributed by atoms with Gasteiger partial charge in [0.2, 0.25) is 0 Å². The summed E-state index contributed by atoms with van der Waals surface area (Å²) in [5, 5.41) is 6.98. The Morgan fingerprint density at radius 1 is 1.10 bits per heavy atom. The van der Waals surface area contributed by atoms with Gasteiger partial charge in [0.15, 0.2) is 0 Å². The summed E-state index contributed by atoms with van der Waals surface area (Å²) < 4.78 is 6.82. The van der Waals surface area contributed by atoms with Crippen LogP contribution in [0.1, 0.15) is 16.1 Å². The molecule has 0 unspecified atom stereocenters. The molecule has 2 aromatic heterocycles. The van der Waals surface area contributed by atoms with Crippen LogP contribution < -0.4 is 20.5 Å². The number of hydrogen-bond acceptors (Lipinski definition) is 6. The van der Waals surface area contributed by atoms with Crippen LogP contribution in [0.5, 0.6) is 5.75 Å². The Morgan fingerprint density at radius 2 is 1.90 bits per heavy atom. The number of rotatable bonds is 8. The number of benzene rings is 1. The Morgan fingerprint density at radius 3 is 2.66 bits per heavy atom. The second-order valence-electron chi connectivity index (χ2n) is 6.50. The van der Waals surface area contributed by atoms with Crippen molar-refractivity contribution >= 4 is 11.7 Å². The first-order chi connectivity index (χ1) is 14.0. The lowest BCUT2D eigenvalue weighted by Crippen LogP contribution is -2.31. The van der Waals surface area contributed by atoms with E-state index in [1.807, 2.05) is 61.5 Å². The first kappa shape index (κ1) is 20.1. The summed E-state index contributed by atoms with van der Waals surface area (Å²) in [5.41, 5.74) is 0.760. The van der Waals surface area contributed by atoms with Crippen LogP contribution in [0, 0.1) is 0 Å². The Hall–Kier alpha value is -3.68. The summed E-state index contributed by atoms with van der Waals surface area (Å²) in [4.78, 5) is 30.7. The average Bonchev–Trinajstić information content (AvgIpc) is 2.74. The topological polar surface area (TPSA) is 89.4 Å². The molecule has 8 heteroatoms. The number of carbonyl (C=O) groups excluding carboxylic acids is 1. The molecule has 0 aliphatic carbocycles. The van der Waals surface area contributed by atoms with E-state index in [-0.39, 0.29) is 30.3 Å². The summed E-state index contributed by atoms with van der Waals surface area (Å²) in [6.07, 6.45) is 1.70. The smallest absolute Gasteiger partial charge is 0.271 e. The number of pyridine rings is 1. The standard InChI is InChI=1S/C21H23N5O3/c1-25(2)20-16(7-6-12-22-20)15-23-21(28)18-10-11-19(27)26(24-18)13-14-29-17-8-4-3-5-9-17/h3-12H,13-15H2,1-2H3,(H,23,28). The van der Waals surface area contributed by atoms with E-state index in [1.165, 1.54) is 16.8 Å². The molecule has 0 aliphatic rings. The molecule has 1 aromatic carbocycles. The van der Waals surface area contributed by atoms with Crippen LogP contribution in [0.4, 0.5) is 5.82 Å². The predicted octanol–water partition coefficient (Wildman–Crippen LogP) is 1.71. The highest BCUT2D eigenvalue weighted by molar-refractivity contribution is 5.92. The maximum absolute atomic E-state index is 12.5. The Labute approximate surface area is 168 Å². The largest absolute Gasteiger partial charge is 0.492 e. The third kappa shape index (κ3) is 5.41. The fourth-order valence-corrected chi connectivity index (χ4v) is 2.73. The number of nitrogens with one attached hydrogen (secondary N) is 1. The zero-order valence-electron chi connectivity index (χ0n) is 16.4. The molecule has 0 bridgehead atoms. The summed E-state index contributed by atoms with van der Waals surface area (Å²) in [7, 11) is 3.78. The van der Waals surface area contributed by atoms with Gasteiger partial charge in [-0.05, 0) is 24.3 Å². The van der Waals surface area contributed by atoms with Crippen molar-refractivity contribution in [3.8, 4) is 5.75 Å². The fraction of sp³-hybridized carbons (Fsp3) is 0.238. The average molecular weight is 393 g/mol. The molecule has 3 rings (SSSR count). The number of para-hydroxylation sites is 1. The van der Waals surface area contributed by atoms with Gasteiger partial charge in [-0.2, -0.15) is 5.10 Å². The van der Waals surface area contributed by atoms with E-state index >= 15 is 0 Å². The first-order valence-electron chi connectivity index (χ1n) is 9.20. The Bertz CT molecular complexity index is 1020. The molecule has 0 atom stereocenters. The van der Waals surface area contributed by atoms with Crippen molar-refractivity contribution in [2.75, 3.05) is 25.6 Å². The van der Waals surface area contributed by atoms with Crippen molar-refractivity contribution in [2.24, 2.45) is 0 Å². The number of ether oxygens (including phenoxy) is 1. The van der Waals surface area contributed by atoms with Crippen LogP contribution >= 0.6 is 0 Å². The number of amides is 1. The molecule has 0 saturated carbocycles. The molecule has 29 heavy (non-hydrogen) atoms. The highest BCUT2D eigenvalue weighted by Crippen LogP contribution is 2.14. The number of aromatic nitrogens is 3. The normalized spacial score (nSPS) is 10.4. The Kier molecular flexibility index (Phi) is 6.57. The monoisotopic (exact) mass is 393 g/mol. The van der Waals surface area contributed by atoms with Crippen LogP contribution in [0.3, 0.4) is 0 Å². The van der Waals surface area contributed by atoms with Crippen LogP contribution in [0.2, 0.25) is 0 Å². The molecule has 8 nitrogen and oxygen atoms in total. The molecule has 0 fully saturated rings. The fourth-order valence-electron chi connectivity index (χ4n) is 2.73. The highest BCUT2D eigenvalue weighted by Gasteiger charge is 2.12. The van der Waals surface area contributed by atoms with Gasteiger partial charge in [-0.15, -0.1) is 0 Å². The summed E-state index contributed by atoms with van der Waals surface area (Å²) in [5.74, 6) is 1.13. The van der Waals surface area contributed by atoms with Crippen molar-refractivity contribution in [3.63, 3.8) is 0 Å². The second-order valence-corrected chi connectivity index (χ2v) is 6.50. The molecule has 0 radical (unpaired) electrons. The van der Waals surface area contributed by atoms with Gasteiger partial charge in [0.25, 0.3) is 11.5 Å². The van der Waals surface area contributed by atoms with Crippen molar-refractivity contribution < 1.29 is 9.53 Å². The molecule has 0 aliphatic heterocycles. The SMILES string of the molecule is CN(C)c1ncccc1CNC(=O)c1ccc(=O)n(CCOc2ccccc2)n1. The molecule has 3 aromatic rings. The van der Waals surface area contributed by atoms with Crippen molar-refractivity contribution in [1.82, 2.24) is 20.1 Å². The van der Waals surface area contributed by atoms with Crippen molar-refractivity contribution in [1.29, 1.82) is 0 Å². The minimum absolute atomic E-state index is 0.166. The molecule has 0 spiro atoms. The third-order valence-electron chi connectivity index (χ3n) is 4.14. The second kappa shape index (κ2) is 9.50. The summed E-state index contributed by atoms with van der Waals surface area (Å²) >= 11 is 0. The van der Waals surface area contributed by atoms with E-state index in [2.05, 4.69) is 15.4 Å². The maximum atomic E-state index is 12.5. The van der Waals surface area contributed by atoms with Crippen LogP contribution in [-0.4, -0.2) is 41.4 Å². The van der Waals surface area contributed by atoms with Gasteiger partial charge in [0.05, 0.1) is 6.54 Å². The molecule has 1 N–H and O–H groups in total. The van der Waals surface area contributed by atoms with Crippen LogP contribution in [0.15, 0.2) is 65.6 Å². The van der Waals surface area contributed by atoms with Crippen molar-refractivity contribution in [2.45, 2.75) is 13.1 Å². The predicted molar refractivity (Wildman–Crippen MR) is 110 cm³/mol. The minimum atomic E-state index is -0.365. The highest BCUT2D eigenvalue weighted by atomic mass is 16.5. The lowest BCUT2D eigenvalue weighted by Gasteiger charge is -2.16. The van der Waals surface area contributed by atoms with Gasteiger partial charge < -0.3 is 15.0 Å². The molecular weight excluding hydrogens is 370 g/mol. The van der Waals surface area contributed by atoms with Gasteiger partial charge in [-0.1, -0.05) is 24.3 Å². The van der Waals surface area contributed by atoms with Gasteiger partial charge in [0.1, 0.15) is 23.9 Å². The van der Waals surface area contributed by atoms with E-state index in [0.29, 0.717) is 12.3 Å². The van der Waals surface area contributed by atoms with Crippen LogP contribution in [0.25, 0.3) is 0 Å². The zero-order chi connectivity index (χ0) is 20.6. The maximum Gasteiger partial charge on any atom is 0.271 e. The Balaban J connectivity index is 1.62.